The number of likely N-dealkylation sites (tertiary alicyclic amines) is 1. The number of aryl methyl sites for hydroxylation is 1. The standard InChI is InChI=1S/C20H29N5S/c1-3-21-20(24-14-19-22-12-16(2)26-19)23-13-17-6-8-18(9-7-17)15-25-10-4-5-11-25/h6-9,12H,3-5,10-11,13-15H2,1-2H3,(H2,21,23,24). The van der Waals surface area contributed by atoms with Crippen LogP contribution in [0.25, 0.3) is 0 Å². The maximum Gasteiger partial charge on any atom is 0.191 e. The Kier molecular flexibility index (Phi) is 7.03. The molecular formula is C20H29N5S. The van der Waals surface area contributed by atoms with Gasteiger partial charge in [-0.3, -0.25) is 4.90 Å². The predicted molar refractivity (Wildman–Crippen MR) is 109 cm³/mol. The summed E-state index contributed by atoms with van der Waals surface area (Å²) in [6.45, 7) is 9.93. The average Bonchev–Trinajstić information content (AvgIpc) is 3.30. The first-order valence-electron chi connectivity index (χ1n) is 9.46. The van der Waals surface area contributed by atoms with Crippen molar-refractivity contribution in [1.29, 1.82) is 0 Å². The summed E-state index contributed by atoms with van der Waals surface area (Å²) >= 11 is 1.72. The van der Waals surface area contributed by atoms with Crippen LogP contribution in [0.3, 0.4) is 0 Å². The summed E-state index contributed by atoms with van der Waals surface area (Å²) in [4.78, 5) is 12.8. The molecule has 140 valence electrons. The Labute approximate surface area is 160 Å². The lowest BCUT2D eigenvalue weighted by Crippen LogP contribution is -2.36. The van der Waals surface area contributed by atoms with Crippen molar-refractivity contribution in [2.75, 3.05) is 19.6 Å². The topological polar surface area (TPSA) is 52.6 Å². The Hall–Kier alpha value is -1.92. The molecule has 2 N–H and O–H groups in total. The Bertz CT molecular complexity index is 701. The van der Waals surface area contributed by atoms with Crippen molar-refractivity contribution in [3.8, 4) is 0 Å². The molecule has 0 unspecified atom stereocenters. The minimum Gasteiger partial charge on any atom is -0.357 e. The Morgan fingerprint density at radius 2 is 1.88 bits per heavy atom. The molecule has 0 amide bonds. The molecule has 1 aromatic heterocycles. The van der Waals surface area contributed by atoms with Crippen LogP contribution in [0.2, 0.25) is 0 Å². The lowest BCUT2D eigenvalue weighted by molar-refractivity contribution is 0.331. The maximum atomic E-state index is 4.70. The summed E-state index contributed by atoms with van der Waals surface area (Å²) in [5.41, 5.74) is 2.63. The van der Waals surface area contributed by atoms with Gasteiger partial charge in [0, 0.05) is 24.2 Å². The average molecular weight is 372 g/mol. The number of aromatic nitrogens is 1. The first-order valence-corrected chi connectivity index (χ1v) is 10.3. The third-order valence-electron chi connectivity index (χ3n) is 4.47. The number of rotatable bonds is 7. The zero-order chi connectivity index (χ0) is 18.2. The van der Waals surface area contributed by atoms with Gasteiger partial charge in [0.1, 0.15) is 5.01 Å². The van der Waals surface area contributed by atoms with Crippen molar-refractivity contribution in [2.45, 2.75) is 46.3 Å². The molecule has 0 bridgehead atoms. The molecular weight excluding hydrogens is 342 g/mol. The van der Waals surface area contributed by atoms with E-state index in [1.54, 1.807) is 11.3 Å². The fourth-order valence-corrected chi connectivity index (χ4v) is 3.83. The summed E-state index contributed by atoms with van der Waals surface area (Å²) in [5.74, 6) is 0.835. The Morgan fingerprint density at radius 1 is 1.15 bits per heavy atom. The number of aliphatic imine (C=N–C) groups is 1. The normalized spacial score (nSPS) is 15.4. The molecule has 26 heavy (non-hydrogen) atoms. The van der Waals surface area contributed by atoms with Gasteiger partial charge in [-0.1, -0.05) is 24.3 Å². The smallest absolute Gasteiger partial charge is 0.191 e. The summed E-state index contributed by atoms with van der Waals surface area (Å²) in [6, 6.07) is 8.87. The molecule has 1 aliphatic heterocycles. The second-order valence-corrected chi connectivity index (χ2v) is 8.03. The highest BCUT2D eigenvalue weighted by atomic mass is 32.1. The molecule has 0 radical (unpaired) electrons. The van der Waals surface area contributed by atoms with Crippen molar-refractivity contribution in [2.24, 2.45) is 4.99 Å². The molecule has 0 atom stereocenters. The molecule has 6 heteroatoms. The van der Waals surface area contributed by atoms with Gasteiger partial charge in [0.2, 0.25) is 0 Å². The highest BCUT2D eigenvalue weighted by molar-refractivity contribution is 7.11. The van der Waals surface area contributed by atoms with Crippen LogP contribution >= 0.6 is 11.3 Å². The van der Waals surface area contributed by atoms with Crippen molar-refractivity contribution < 1.29 is 0 Å². The fraction of sp³-hybridized carbons (Fsp3) is 0.500. The van der Waals surface area contributed by atoms with E-state index in [1.165, 1.54) is 41.9 Å². The van der Waals surface area contributed by atoms with Crippen molar-refractivity contribution in [1.82, 2.24) is 20.5 Å². The third kappa shape index (κ3) is 5.81. The van der Waals surface area contributed by atoms with Crippen LogP contribution in [0.4, 0.5) is 0 Å². The first-order chi connectivity index (χ1) is 12.7. The van der Waals surface area contributed by atoms with Crippen LogP contribution in [0.15, 0.2) is 35.5 Å². The summed E-state index contributed by atoms with van der Waals surface area (Å²) in [6.07, 6.45) is 4.59. The highest BCUT2D eigenvalue weighted by Gasteiger charge is 2.11. The molecule has 3 rings (SSSR count). The van der Waals surface area contributed by atoms with Crippen LogP contribution in [-0.2, 0) is 19.6 Å². The number of nitrogens with one attached hydrogen (secondary N) is 2. The highest BCUT2D eigenvalue weighted by Crippen LogP contribution is 2.14. The fourth-order valence-electron chi connectivity index (χ4n) is 3.10. The minimum absolute atomic E-state index is 0.677. The van der Waals surface area contributed by atoms with E-state index in [0.717, 1.165) is 24.1 Å². The third-order valence-corrected chi connectivity index (χ3v) is 5.38. The van der Waals surface area contributed by atoms with Crippen molar-refractivity contribution in [3.63, 3.8) is 0 Å². The van der Waals surface area contributed by atoms with Crippen LogP contribution in [-0.4, -0.2) is 35.5 Å². The zero-order valence-corrected chi connectivity index (χ0v) is 16.6. The number of nitrogens with zero attached hydrogens (tertiary/aromatic N) is 3. The van der Waals surface area contributed by atoms with Crippen LogP contribution < -0.4 is 10.6 Å². The number of hydrogen-bond donors (Lipinski definition) is 2. The SMILES string of the molecule is CCNC(=NCc1ccc(CN2CCCC2)cc1)NCc1ncc(C)s1. The predicted octanol–water partition coefficient (Wildman–Crippen LogP) is 3.30. The molecule has 1 saturated heterocycles. The largest absolute Gasteiger partial charge is 0.357 e. The second-order valence-electron chi connectivity index (χ2n) is 6.71. The summed E-state index contributed by atoms with van der Waals surface area (Å²) in [7, 11) is 0. The van der Waals surface area contributed by atoms with Gasteiger partial charge >= 0.3 is 0 Å². The molecule has 5 nitrogen and oxygen atoms in total. The maximum absolute atomic E-state index is 4.70. The zero-order valence-electron chi connectivity index (χ0n) is 15.8. The van der Waals surface area contributed by atoms with E-state index in [4.69, 9.17) is 4.99 Å². The van der Waals surface area contributed by atoms with Gasteiger partial charge in [0.25, 0.3) is 0 Å². The number of hydrogen-bond acceptors (Lipinski definition) is 4. The molecule has 0 spiro atoms. The van der Waals surface area contributed by atoms with E-state index >= 15 is 0 Å². The van der Waals surface area contributed by atoms with E-state index in [1.807, 2.05) is 6.20 Å². The van der Waals surface area contributed by atoms with E-state index in [-0.39, 0.29) is 0 Å². The molecule has 1 fully saturated rings. The molecule has 0 aliphatic carbocycles. The molecule has 2 heterocycles. The quantitative estimate of drug-likeness (QED) is 0.579. The van der Waals surface area contributed by atoms with Gasteiger partial charge < -0.3 is 10.6 Å². The number of thiazole rings is 1. The molecule has 0 saturated carbocycles. The van der Waals surface area contributed by atoms with Gasteiger partial charge in [-0.15, -0.1) is 11.3 Å². The summed E-state index contributed by atoms with van der Waals surface area (Å²) in [5, 5.41) is 7.74. The molecule has 1 aromatic carbocycles. The van der Waals surface area contributed by atoms with Gasteiger partial charge in [0.05, 0.1) is 13.1 Å². The van der Waals surface area contributed by atoms with Crippen molar-refractivity contribution in [3.05, 3.63) is 51.5 Å². The summed E-state index contributed by atoms with van der Waals surface area (Å²) < 4.78 is 0. The molecule has 2 aromatic rings. The van der Waals surface area contributed by atoms with E-state index < -0.39 is 0 Å². The van der Waals surface area contributed by atoms with Crippen molar-refractivity contribution >= 4 is 17.3 Å². The first kappa shape index (κ1) is 18.9. The Balaban J connectivity index is 1.52. The monoisotopic (exact) mass is 371 g/mol. The van der Waals surface area contributed by atoms with Gasteiger partial charge in [0.15, 0.2) is 5.96 Å². The Morgan fingerprint density at radius 3 is 2.54 bits per heavy atom. The molecule has 1 aliphatic rings. The minimum atomic E-state index is 0.677. The van der Waals surface area contributed by atoms with E-state index in [0.29, 0.717) is 13.1 Å². The lowest BCUT2D eigenvalue weighted by atomic mass is 10.1. The number of guanidine groups is 1. The van der Waals surface area contributed by atoms with E-state index in [2.05, 4.69) is 58.6 Å². The van der Waals surface area contributed by atoms with Gasteiger partial charge in [-0.05, 0) is 50.9 Å². The van der Waals surface area contributed by atoms with Crippen LogP contribution in [0, 0.1) is 6.92 Å². The lowest BCUT2D eigenvalue weighted by Gasteiger charge is -2.14. The van der Waals surface area contributed by atoms with Gasteiger partial charge in [-0.25, -0.2) is 9.98 Å². The van der Waals surface area contributed by atoms with Crippen LogP contribution in [0.1, 0.15) is 40.8 Å². The number of benzene rings is 1. The van der Waals surface area contributed by atoms with Crippen LogP contribution in [0.5, 0.6) is 0 Å². The van der Waals surface area contributed by atoms with E-state index in [9.17, 15) is 0 Å². The van der Waals surface area contributed by atoms with Gasteiger partial charge in [-0.2, -0.15) is 0 Å². The second kappa shape index (κ2) is 9.69.